The molecule has 2 rings (SSSR count). The number of amides is 2. The molecule has 24 heavy (non-hydrogen) atoms. The molecule has 9 heteroatoms. The number of halogens is 1. The van der Waals surface area contributed by atoms with Crippen molar-refractivity contribution in [2.75, 3.05) is 0 Å². The molecule has 0 saturated carbocycles. The second-order valence-electron chi connectivity index (χ2n) is 4.59. The van der Waals surface area contributed by atoms with Gasteiger partial charge in [0.1, 0.15) is 5.75 Å². The summed E-state index contributed by atoms with van der Waals surface area (Å²) in [6, 6.07) is 9.65. The first-order chi connectivity index (χ1) is 11.5. The summed E-state index contributed by atoms with van der Waals surface area (Å²) in [5.41, 5.74) is 4.75. The molecule has 2 aromatic rings. The van der Waals surface area contributed by atoms with Crippen LogP contribution >= 0.6 is 23.8 Å². The average molecular weight is 368 g/mol. The van der Waals surface area contributed by atoms with Crippen LogP contribution in [0.4, 0.5) is 0 Å². The van der Waals surface area contributed by atoms with Gasteiger partial charge < -0.3 is 9.15 Å². The Morgan fingerprint density at radius 2 is 1.92 bits per heavy atom. The molecular formula is C15H14ClN3O4S. The van der Waals surface area contributed by atoms with Gasteiger partial charge in [-0.1, -0.05) is 11.6 Å². The molecule has 126 valence electrons. The lowest BCUT2D eigenvalue weighted by atomic mass is 10.3. The van der Waals surface area contributed by atoms with Crippen molar-refractivity contribution in [3.63, 3.8) is 0 Å². The Balaban J connectivity index is 1.76. The van der Waals surface area contributed by atoms with Gasteiger partial charge in [-0.05, 0) is 55.5 Å². The van der Waals surface area contributed by atoms with Crippen LogP contribution in [0, 0.1) is 0 Å². The third kappa shape index (κ3) is 5.25. The number of furan rings is 1. The van der Waals surface area contributed by atoms with E-state index in [0.717, 1.165) is 0 Å². The molecule has 0 fully saturated rings. The summed E-state index contributed by atoms with van der Waals surface area (Å²) in [7, 11) is 0. The highest BCUT2D eigenvalue weighted by atomic mass is 35.5. The molecule has 0 aliphatic heterocycles. The number of hydrogen-bond donors (Lipinski definition) is 3. The van der Waals surface area contributed by atoms with E-state index in [2.05, 4.69) is 16.2 Å². The van der Waals surface area contributed by atoms with Crippen LogP contribution < -0.4 is 20.9 Å². The number of thiocarbonyl (C=S) groups is 1. The van der Waals surface area contributed by atoms with Gasteiger partial charge in [-0.25, -0.2) is 0 Å². The van der Waals surface area contributed by atoms with Crippen molar-refractivity contribution in [1.29, 1.82) is 0 Å². The summed E-state index contributed by atoms with van der Waals surface area (Å²) in [5.74, 6) is -0.405. The summed E-state index contributed by atoms with van der Waals surface area (Å²) >= 11 is 10.7. The SMILES string of the molecule is C[C@H](Oc1ccc(Cl)cc1)C(=O)NNC(=S)NC(=O)c1ccco1. The molecule has 0 aliphatic carbocycles. The lowest BCUT2D eigenvalue weighted by molar-refractivity contribution is -0.127. The predicted octanol–water partition coefficient (Wildman–Crippen LogP) is 2.04. The Morgan fingerprint density at radius 1 is 1.21 bits per heavy atom. The Bertz CT molecular complexity index is 719. The van der Waals surface area contributed by atoms with Gasteiger partial charge in [0, 0.05) is 5.02 Å². The van der Waals surface area contributed by atoms with Crippen molar-refractivity contribution >= 4 is 40.7 Å². The highest BCUT2D eigenvalue weighted by Crippen LogP contribution is 2.16. The summed E-state index contributed by atoms with van der Waals surface area (Å²) in [6.45, 7) is 1.57. The van der Waals surface area contributed by atoms with Gasteiger partial charge in [0.15, 0.2) is 17.0 Å². The summed E-state index contributed by atoms with van der Waals surface area (Å²) < 4.78 is 10.4. The minimum Gasteiger partial charge on any atom is -0.481 e. The van der Waals surface area contributed by atoms with Crippen LogP contribution in [0.25, 0.3) is 0 Å². The fourth-order valence-electron chi connectivity index (χ4n) is 1.59. The number of rotatable bonds is 4. The van der Waals surface area contributed by atoms with Gasteiger partial charge in [-0.15, -0.1) is 0 Å². The van der Waals surface area contributed by atoms with Crippen molar-refractivity contribution in [1.82, 2.24) is 16.2 Å². The van der Waals surface area contributed by atoms with Crippen molar-refractivity contribution in [2.45, 2.75) is 13.0 Å². The van der Waals surface area contributed by atoms with E-state index in [1.54, 1.807) is 37.3 Å². The molecule has 7 nitrogen and oxygen atoms in total. The van der Waals surface area contributed by atoms with Crippen LogP contribution in [0.2, 0.25) is 5.02 Å². The minimum absolute atomic E-state index is 0.0801. The van der Waals surface area contributed by atoms with Gasteiger partial charge in [-0.3, -0.25) is 25.8 Å². The van der Waals surface area contributed by atoms with Crippen molar-refractivity contribution < 1.29 is 18.7 Å². The van der Waals surface area contributed by atoms with Crippen LogP contribution in [0.15, 0.2) is 47.1 Å². The molecule has 0 radical (unpaired) electrons. The smallest absolute Gasteiger partial charge is 0.293 e. The monoisotopic (exact) mass is 367 g/mol. The standard InChI is InChI=1S/C15H14ClN3O4S/c1-9(23-11-6-4-10(16)5-7-11)13(20)18-19-15(24)17-14(21)12-3-2-8-22-12/h2-9H,1H3,(H,18,20)(H2,17,19,21,24)/t9-/m0/s1. The molecule has 0 spiro atoms. The minimum atomic E-state index is -0.790. The Labute approximate surface area is 148 Å². The summed E-state index contributed by atoms with van der Waals surface area (Å²) in [4.78, 5) is 23.6. The zero-order valence-electron chi connectivity index (χ0n) is 12.5. The summed E-state index contributed by atoms with van der Waals surface area (Å²) in [5, 5.41) is 2.84. The number of nitrogens with one attached hydrogen (secondary N) is 3. The van der Waals surface area contributed by atoms with Crippen LogP contribution in [-0.2, 0) is 4.79 Å². The zero-order valence-corrected chi connectivity index (χ0v) is 14.1. The second kappa shape index (κ2) is 8.32. The average Bonchev–Trinajstić information content (AvgIpc) is 3.09. The fourth-order valence-corrected chi connectivity index (χ4v) is 1.86. The Morgan fingerprint density at radius 3 is 2.54 bits per heavy atom. The van der Waals surface area contributed by atoms with Crippen molar-refractivity contribution in [3.05, 3.63) is 53.4 Å². The molecule has 3 N–H and O–H groups in total. The van der Waals surface area contributed by atoms with E-state index in [9.17, 15) is 9.59 Å². The van der Waals surface area contributed by atoms with E-state index in [4.69, 9.17) is 33.0 Å². The maximum atomic E-state index is 11.9. The van der Waals surface area contributed by atoms with E-state index in [0.29, 0.717) is 10.8 Å². The molecule has 1 aromatic carbocycles. The molecule has 1 heterocycles. The number of benzene rings is 1. The van der Waals surface area contributed by atoms with Gasteiger partial charge >= 0.3 is 0 Å². The van der Waals surface area contributed by atoms with Crippen LogP contribution in [0.1, 0.15) is 17.5 Å². The van der Waals surface area contributed by atoms with Crippen LogP contribution in [0.5, 0.6) is 5.75 Å². The van der Waals surface area contributed by atoms with E-state index >= 15 is 0 Å². The van der Waals surface area contributed by atoms with Gasteiger partial charge in [0.25, 0.3) is 11.8 Å². The van der Waals surface area contributed by atoms with Crippen LogP contribution in [-0.4, -0.2) is 23.0 Å². The number of ether oxygens (including phenoxy) is 1. The predicted molar refractivity (Wildman–Crippen MR) is 91.6 cm³/mol. The highest BCUT2D eigenvalue weighted by Gasteiger charge is 2.16. The lowest BCUT2D eigenvalue weighted by Crippen LogP contribution is -2.51. The van der Waals surface area contributed by atoms with Crippen molar-refractivity contribution in [3.8, 4) is 5.75 Å². The number of carbonyl (C=O) groups excluding carboxylic acids is 2. The Hall–Kier alpha value is -2.58. The fraction of sp³-hybridized carbons (Fsp3) is 0.133. The first-order valence-electron chi connectivity index (χ1n) is 6.82. The zero-order chi connectivity index (χ0) is 17.5. The van der Waals surface area contributed by atoms with E-state index in [1.807, 2.05) is 0 Å². The normalized spacial score (nSPS) is 11.2. The molecule has 0 unspecified atom stereocenters. The van der Waals surface area contributed by atoms with E-state index < -0.39 is 17.9 Å². The molecule has 0 saturated heterocycles. The number of carbonyl (C=O) groups is 2. The molecule has 2 amide bonds. The van der Waals surface area contributed by atoms with Gasteiger partial charge in [-0.2, -0.15) is 0 Å². The lowest BCUT2D eigenvalue weighted by Gasteiger charge is -2.16. The maximum Gasteiger partial charge on any atom is 0.293 e. The van der Waals surface area contributed by atoms with Crippen LogP contribution in [0.3, 0.4) is 0 Å². The highest BCUT2D eigenvalue weighted by molar-refractivity contribution is 7.80. The molecule has 1 aromatic heterocycles. The van der Waals surface area contributed by atoms with E-state index in [-0.39, 0.29) is 10.9 Å². The summed E-state index contributed by atoms with van der Waals surface area (Å²) in [6.07, 6.45) is 0.574. The molecule has 1 atom stereocenters. The molecule has 0 aliphatic rings. The number of hydrazine groups is 1. The van der Waals surface area contributed by atoms with Gasteiger partial charge in [0.05, 0.1) is 6.26 Å². The number of hydrogen-bond acceptors (Lipinski definition) is 5. The Kier molecular flexibility index (Phi) is 6.16. The van der Waals surface area contributed by atoms with Gasteiger partial charge in [0.2, 0.25) is 0 Å². The first-order valence-corrected chi connectivity index (χ1v) is 7.61. The molecular weight excluding hydrogens is 354 g/mol. The molecule has 0 bridgehead atoms. The first kappa shape index (κ1) is 17.8. The quantitative estimate of drug-likeness (QED) is 0.565. The third-order valence-electron chi connectivity index (χ3n) is 2.77. The van der Waals surface area contributed by atoms with Crippen molar-refractivity contribution in [2.24, 2.45) is 0 Å². The van der Waals surface area contributed by atoms with E-state index in [1.165, 1.54) is 12.3 Å². The topological polar surface area (TPSA) is 92.6 Å². The third-order valence-corrected chi connectivity index (χ3v) is 3.22. The largest absolute Gasteiger partial charge is 0.481 e. The maximum absolute atomic E-state index is 11.9. The second-order valence-corrected chi connectivity index (χ2v) is 5.43.